The van der Waals surface area contributed by atoms with Crippen molar-refractivity contribution in [2.24, 2.45) is 0 Å². The second-order valence-corrected chi connectivity index (χ2v) is 7.13. The van der Waals surface area contributed by atoms with Gasteiger partial charge in [0.2, 0.25) is 0 Å². The Bertz CT molecular complexity index is 1060. The van der Waals surface area contributed by atoms with Crippen LogP contribution in [0.2, 0.25) is 0 Å². The molecule has 4 rings (SSSR count). The van der Waals surface area contributed by atoms with Crippen LogP contribution in [0.15, 0.2) is 24.5 Å². The summed E-state index contributed by atoms with van der Waals surface area (Å²) in [5.74, 6) is -1.39. The molecular formula is C19H20F2N6O2. The number of aromatic nitrogens is 4. The highest BCUT2D eigenvalue weighted by atomic mass is 19.1. The second kappa shape index (κ2) is 7.70. The first-order chi connectivity index (χ1) is 13.9. The van der Waals surface area contributed by atoms with Crippen LogP contribution >= 0.6 is 0 Å². The highest BCUT2D eigenvalue weighted by Gasteiger charge is 2.28. The van der Waals surface area contributed by atoms with Crippen LogP contribution in [0.3, 0.4) is 0 Å². The third kappa shape index (κ3) is 3.75. The first kappa shape index (κ1) is 19.2. The van der Waals surface area contributed by atoms with Gasteiger partial charge in [-0.05, 0) is 44.4 Å². The number of halogens is 2. The summed E-state index contributed by atoms with van der Waals surface area (Å²) in [5.41, 5.74) is 0.412. The summed E-state index contributed by atoms with van der Waals surface area (Å²) in [6.45, 7) is 1.55. The molecule has 0 aliphatic heterocycles. The van der Waals surface area contributed by atoms with Crippen LogP contribution in [-0.4, -0.2) is 43.3 Å². The van der Waals surface area contributed by atoms with Gasteiger partial charge in [0.1, 0.15) is 29.5 Å². The van der Waals surface area contributed by atoms with Crippen molar-refractivity contribution in [3.8, 4) is 0 Å². The van der Waals surface area contributed by atoms with Crippen LogP contribution in [0.1, 0.15) is 48.3 Å². The lowest BCUT2D eigenvalue weighted by molar-refractivity contribution is 0.0936. The number of carbonyl (C=O) groups is 1. The molecule has 152 valence electrons. The van der Waals surface area contributed by atoms with E-state index in [0.717, 1.165) is 31.0 Å². The third-order valence-electron chi connectivity index (χ3n) is 5.15. The van der Waals surface area contributed by atoms with E-state index in [4.69, 9.17) is 0 Å². The Morgan fingerprint density at radius 3 is 2.90 bits per heavy atom. The van der Waals surface area contributed by atoms with E-state index in [1.165, 1.54) is 6.33 Å². The van der Waals surface area contributed by atoms with Gasteiger partial charge in [0.25, 0.3) is 5.91 Å². The first-order valence-corrected chi connectivity index (χ1v) is 9.33. The van der Waals surface area contributed by atoms with E-state index < -0.39 is 29.7 Å². The molecule has 0 unspecified atom stereocenters. The van der Waals surface area contributed by atoms with Gasteiger partial charge in [-0.15, -0.1) is 0 Å². The number of hydrogen-bond acceptors (Lipinski definition) is 6. The molecule has 1 aliphatic rings. The Kier molecular flexibility index (Phi) is 5.10. The molecule has 3 aromatic rings. The average Bonchev–Trinajstić information content (AvgIpc) is 3.30. The van der Waals surface area contributed by atoms with Crippen molar-refractivity contribution in [1.82, 2.24) is 25.5 Å². The van der Waals surface area contributed by atoms with Gasteiger partial charge in [-0.2, -0.15) is 5.10 Å². The third-order valence-corrected chi connectivity index (χ3v) is 5.15. The lowest BCUT2D eigenvalue weighted by atomic mass is 10.1. The van der Waals surface area contributed by atoms with Crippen molar-refractivity contribution in [3.05, 3.63) is 47.4 Å². The highest BCUT2D eigenvalue weighted by molar-refractivity contribution is 6.07. The zero-order valence-corrected chi connectivity index (χ0v) is 15.6. The molecule has 1 aliphatic carbocycles. The van der Waals surface area contributed by atoms with Gasteiger partial charge < -0.3 is 15.7 Å². The summed E-state index contributed by atoms with van der Waals surface area (Å²) < 4.78 is 27.5. The number of aromatic amines is 1. The van der Waals surface area contributed by atoms with Gasteiger partial charge in [-0.3, -0.25) is 9.89 Å². The minimum absolute atomic E-state index is 0.0332. The fraction of sp³-hybridized carbons (Fsp3) is 0.368. The van der Waals surface area contributed by atoms with Gasteiger partial charge in [0, 0.05) is 5.56 Å². The Morgan fingerprint density at radius 1 is 1.31 bits per heavy atom. The molecule has 1 fully saturated rings. The monoisotopic (exact) mass is 402 g/mol. The predicted molar refractivity (Wildman–Crippen MR) is 101 cm³/mol. The normalized spacial score (nSPS) is 20.0. The lowest BCUT2D eigenvalue weighted by Gasteiger charge is -2.18. The molecule has 2 aromatic heterocycles. The quantitative estimate of drug-likeness (QED) is 0.521. The van der Waals surface area contributed by atoms with Gasteiger partial charge >= 0.3 is 0 Å². The van der Waals surface area contributed by atoms with E-state index in [2.05, 4.69) is 30.8 Å². The van der Waals surface area contributed by atoms with Crippen LogP contribution in [-0.2, 0) is 0 Å². The van der Waals surface area contributed by atoms with E-state index >= 15 is 0 Å². The second-order valence-electron chi connectivity index (χ2n) is 7.13. The summed E-state index contributed by atoms with van der Waals surface area (Å²) in [6.07, 6.45) is 3.19. The van der Waals surface area contributed by atoms with Crippen LogP contribution in [0.25, 0.3) is 11.0 Å². The van der Waals surface area contributed by atoms with E-state index in [1.54, 1.807) is 6.92 Å². The minimum Gasteiger partial charge on any atom is -0.391 e. The molecule has 1 amide bonds. The van der Waals surface area contributed by atoms with Crippen LogP contribution in [0.4, 0.5) is 14.6 Å². The van der Waals surface area contributed by atoms with Crippen molar-refractivity contribution >= 4 is 22.8 Å². The molecule has 2 heterocycles. The highest BCUT2D eigenvalue weighted by Crippen LogP contribution is 2.27. The van der Waals surface area contributed by atoms with E-state index in [-0.39, 0.29) is 22.9 Å². The molecule has 0 bridgehead atoms. The van der Waals surface area contributed by atoms with Gasteiger partial charge in [0.05, 0.1) is 23.6 Å². The van der Waals surface area contributed by atoms with Gasteiger partial charge in [0.15, 0.2) is 5.65 Å². The number of carbonyl (C=O) groups excluding carboxylic acids is 1. The zero-order valence-electron chi connectivity index (χ0n) is 15.6. The van der Waals surface area contributed by atoms with Crippen molar-refractivity contribution in [3.63, 3.8) is 0 Å². The molecule has 0 radical (unpaired) electrons. The topological polar surface area (TPSA) is 116 Å². The number of amides is 1. The minimum atomic E-state index is -0.783. The summed E-state index contributed by atoms with van der Waals surface area (Å²) in [4.78, 5) is 21.1. The van der Waals surface area contributed by atoms with Crippen LogP contribution < -0.4 is 10.6 Å². The number of nitrogens with one attached hydrogen (secondary N) is 3. The average molecular weight is 402 g/mol. The molecule has 0 saturated heterocycles. The molecule has 10 heteroatoms. The Hall–Kier alpha value is -3.14. The number of aliphatic hydroxyl groups excluding tert-OH is 1. The van der Waals surface area contributed by atoms with E-state index in [1.807, 2.05) is 0 Å². The summed E-state index contributed by atoms with van der Waals surface area (Å²) >= 11 is 0. The number of nitrogens with zero attached hydrogens (tertiary/aromatic N) is 3. The number of rotatable bonds is 5. The van der Waals surface area contributed by atoms with E-state index in [9.17, 15) is 18.7 Å². The number of aliphatic hydroxyl groups is 1. The summed E-state index contributed by atoms with van der Waals surface area (Å²) in [6, 6.07) is 2.11. The number of hydrogen-bond donors (Lipinski definition) is 4. The number of benzene rings is 1. The SMILES string of the molecule is C[C@@H](NC(=O)c1[nH]nc2ncnc(N[C@@H]3CCC[C@H]3O)c12)c1cc(F)ccc1F. The Balaban J connectivity index is 1.61. The van der Waals surface area contributed by atoms with Gasteiger partial charge in [-0.1, -0.05) is 0 Å². The fourth-order valence-corrected chi connectivity index (χ4v) is 3.61. The molecule has 1 aromatic carbocycles. The number of H-pyrrole nitrogens is 1. The molecular weight excluding hydrogens is 382 g/mol. The van der Waals surface area contributed by atoms with Crippen molar-refractivity contribution in [2.75, 3.05) is 5.32 Å². The predicted octanol–water partition coefficient (Wildman–Crippen LogP) is 2.45. The van der Waals surface area contributed by atoms with Crippen LogP contribution in [0.5, 0.6) is 0 Å². The smallest absolute Gasteiger partial charge is 0.270 e. The standard InChI is InChI=1S/C19H20F2N6O2/c1-9(11-7-10(20)5-6-12(11)21)24-19(29)16-15-17(22-8-23-18(15)27-26-16)25-13-3-2-4-14(13)28/h5-9,13-14,28H,2-4H2,1H3,(H,24,29)(H2,22,23,25,26,27)/t9-,13-,14-/m1/s1. The maximum Gasteiger partial charge on any atom is 0.270 e. The Morgan fingerprint density at radius 2 is 2.14 bits per heavy atom. The molecule has 8 nitrogen and oxygen atoms in total. The summed E-state index contributed by atoms with van der Waals surface area (Å²) in [5, 5.41) is 22.9. The molecule has 3 atom stereocenters. The van der Waals surface area contributed by atoms with Gasteiger partial charge in [-0.25, -0.2) is 18.7 Å². The molecule has 29 heavy (non-hydrogen) atoms. The van der Waals surface area contributed by atoms with Crippen molar-refractivity contribution in [2.45, 2.75) is 44.4 Å². The largest absolute Gasteiger partial charge is 0.391 e. The van der Waals surface area contributed by atoms with Crippen LogP contribution in [0, 0.1) is 11.6 Å². The fourth-order valence-electron chi connectivity index (χ4n) is 3.61. The van der Waals surface area contributed by atoms with Crippen molar-refractivity contribution < 1.29 is 18.7 Å². The maximum atomic E-state index is 14.0. The first-order valence-electron chi connectivity index (χ1n) is 9.33. The number of anilines is 1. The molecule has 4 N–H and O–H groups in total. The van der Waals surface area contributed by atoms with E-state index in [0.29, 0.717) is 17.6 Å². The van der Waals surface area contributed by atoms with Crippen molar-refractivity contribution in [1.29, 1.82) is 0 Å². The maximum absolute atomic E-state index is 14.0. The Labute approximate surface area is 164 Å². The molecule has 0 spiro atoms. The molecule has 1 saturated carbocycles. The lowest BCUT2D eigenvalue weighted by Crippen LogP contribution is -2.29. The zero-order chi connectivity index (χ0) is 20.5. The summed E-state index contributed by atoms with van der Waals surface area (Å²) in [7, 11) is 0. The number of fused-ring (bicyclic) bond motifs is 1.